The molecule has 0 aromatic rings. The van der Waals surface area contributed by atoms with E-state index in [2.05, 4.69) is 7.05 Å². The van der Waals surface area contributed by atoms with Gasteiger partial charge in [-0.2, -0.15) is 0 Å². The van der Waals surface area contributed by atoms with Crippen LogP contribution >= 0.6 is 7.82 Å². The molecule has 1 rings (SSSR count). The Bertz CT molecular complexity index is 360. The van der Waals surface area contributed by atoms with Crippen LogP contribution in [0.3, 0.4) is 0 Å². The minimum Gasteiger partial charge on any atom is -0.370 e. The number of quaternary nitrogens is 1. The van der Waals surface area contributed by atoms with Gasteiger partial charge in [-0.15, -0.1) is 0 Å². The standard InChI is InChI=1S/C14H31NO5P/c1-13(2,3)19-21(16,20-14(4,5)6)18-12-15(7)8-10-17-11-9-15/h8-12H2,1-7H3/q+1. The van der Waals surface area contributed by atoms with Crippen LogP contribution in [-0.4, -0.2) is 55.8 Å². The number of hydrogen-bond acceptors (Lipinski definition) is 5. The lowest BCUT2D eigenvalue weighted by Gasteiger charge is -2.38. The molecule has 1 fully saturated rings. The molecule has 126 valence electrons. The van der Waals surface area contributed by atoms with Crippen LogP contribution < -0.4 is 0 Å². The van der Waals surface area contributed by atoms with Crippen molar-refractivity contribution in [2.45, 2.75) is 52.7 Å². The molecule has 0 spiro atoms. The Hall–Kier alpha value is 0.0300. The first-order valence-electron chi connectivity index (χ1n) is 7.40. The van der Waals surface area contributed by atoms with E-state index in [9.17, 15) is 4.57 Å². The summed E-state index contributed by atoms with van der Waals surface area (Å²) in [4.78, 5) is 0. The highest BCUT2D eigenvalue weighted by Gasteiger charge is 2.40. The fourth-order valence-electron chi connectivity index (χ4n) is 1.87. The van der Waals surface area contributed by atoms with Crippen molar-refractivity contribution >= 4 is 7.82 Å². The highest BCUT2D eigenvalue weighted by Crippen LogP contribution is 2.55. The quantitative estimate of drug-likeness (QED) is 0.574. The smallest absolute Gasteiger partial charge is 0.370 e. The number of morpholine rings is 1. The lowest BCUT2D eigenvalue weighted by molar-refractivity contribution is -0.931. The van der Waals surface area contributed by atoms with E-state index in [-0.39, 0.29) is 6.73 Å². The molecule has 0 aromatic carbocycles. The van der Waals surface area contributed by atoms with Crippen LogP contribution in [0.1, 0.15) is 41.5 Å². The Balaban J connectivity index is 2.75. The van der Waals surface area contributed by atoms with E-state index in [1.165, 1.54) is 0 Å². The van der Waals surface area contributed by atoms with Crippen LogP contribution in [0.2, 0.25) is 0 Å². The molecule has 0 bridgehead atoms. The van der Waals surface area contributed by atoms with Crippen molar-refractivity contribution in [2.24, 2.45) is 0 Å². The summed E-state index contributed by atoms with van der Waals surface area (Å²) >= 11 is 0. The zero-order valence-corrected chi connectivity index (χ0v) is 15.4. The van der Waals surface area contributed by atoms with Gasteiger partial charge in [0.05, 0.1) is 31.5 Å². The van der Waals surface area contributed by atoms with Crippen LogP contribution in [0.15, 0.2) is 0 Å². The molecule has 1 aliphatic rings. The largest absolute Gasteiger partial charge is 0.480 e. The van der Waals surface area contributed by atoms with Crippen LogP contribution in [-0.2, 0) is 22.9 Å². The number of phosphoric ester groups is 1. The fraction of sp³-hybridized carbons (Fsp3) is 1.00. The predicted octanol–water partition coefficient (Wildman–Crippen LogP) is 3.18. The molecule has 0 unspecified atom stereocenters. The first-order chi connectivity index (χ1) is 9.33. The molecule has 7 heteroatoms. The zero-order chi connectivity index (χ0) is 16.4. The molecule has 0 atom stereocenters. The fourth-order valence-corrected chi connectivity index (χ4v) is 3.77. The second-order valence-corrected chi connectivity index (χ2v) is 9.31. The molecule has 0 radical (unpaired) electrons. The molecule has 6 nitrogen and oxygen atoms in total. The monoisotopic (exact) mass is 324 g/mol. The van der Waals surface area contributed by atoms with Crippen molar-refractivity contribution in [3.8, 4) is 0 Å². The summed E-state index contributed by atoms with van der Waals surface area (Å²) in [5, 5.41) is 0. The SMILES string of the molecule is CC(C)(C)OP(=O)(OC[N+]1(C)CCOCC1)OC(C)(C)C. The summed E-state index contributed by atoms with van der Waals surface area (Å²) in [6.45, 7) is 14.3. The average Bonchev–Trinajstić information content (AvgIpc) is 2.22. The maximum absolute atomic E-state index is 12.9. The highest BCUT2D eigenvalue weighted by molar-refractivity contribution is 7.48. The molecular weight excluding hydrogens is 293 g/mol. The van der Waals surface area contributed by atoms with Crippen molar-refractivity contribution in [3.05, 3.63) is 0 Å². The van der Waals surface area contributed by atoms with Crippen molar-refractivity contribution in [1.29, 1.82) is 0 Å². The first-order valence-corrected chi connectivity index (χ1v) is 8.86. The minimum atomic E-state index is -3.63. The van der Waals surface area contributed by atoms with Gasteiger partial charge < -0.3 is 4.74 Å². The molecule has 0 aliphatic carbocycles. The minimum absolute atomic E-state index is 0.285. The molecule has 0 aromatic heterocycles. The Morgan fingerprint density at radius 2 is 1.43 bits per heavy atom. The summed E-state index contributed by atoms with van der Waals surface area (Å²) in [5.41, 5.74) is -1.21. The van der Waals surface area contributed by atoms with E-state index in [0.29, 0.717) is 17.7 Å². The molecule has 1 saturated heterocycles. The van der Waals surface area contributed by atoms with Crippen LogP contribution in [0.4, 0.5) is 0 Å². The molecule has 0 N–H and O–H groups in total. The lowest BCUT2D eigenvalue weighted by Crippen LogP contribution is -2.53. The maximum atomic E-state index is 12.9. The number of hydrogen-bond donors (Lipinski definition) is 0. The van der Waals surface area contributed by atoms with Gasteiger partial charge in [0.2, 0.25) is 0 Å². The number of rotatable bonds is 5. The van der Waals surface area contributed by atoms with Crippen LogP contribution in [0.25, 0.3) is 0 Å². The number of ether oxygens (including phenoxy) is 1. The van der Waals surface area contributed by atoms with Gasteiger partial charge in [-0.05, 0) is 41.5 Å². The molecule has 0 amide bonds. The van der Waals surface area contributed by atoms with Gasteiger partial charge >= 0.3 is 7.82 Å². The molecule has 1 heterocycles. The van der Waals surface area contributed by atoms with E-state index >= 15 is 0 Å². The van der Waals surface area contributed by atoms with E-state index in [1.807, 2.05) is 41.5 Å². The second kappa shape index (κ2) is 6.65. The lowest BCUT2D eigenvalue weighted by atomic mass is 10.2. The predicted molar refractivity (Wildman–Crippen MR) is 82.0 cm³/mol. The maximum Gasteiger partial charge on any atom is 0.480 e. The second-order valence-electron chi connectivity index (χ2n) is 7.79. The molecule has 0 saturated carbocycles. The van der Waals surface area contributed by atoms with Crippen LogP contribution in [0.5, 0.6) is 0 Å². The van der Waals surface area contributed by atoms with Crippen LogP contribution in [0, 0.1) is 0 Å². The number of phosphoric acid groups is 1. The Morgan fingerprint density at radius 1 is 1.00 bits per heavy atom. The third kappa shape index (κ3) is 7.73. The zero-order valence-electron chi connectivity index (χ0n) is 14.5. The third-order valence-corrected chi connectivity index (χ3v) is 4.82. The summed E-state index contributed by atoms with van der Waals surface area (Å²) in [5.74, 6) is 0. The third-order valence-electron chi connectivity index (χ3n) is 2.85. The molecular formula is C14H31NO5P+. The van der Waals surface area contributed by atoms with E-state index in [4.69, 9.17) is 18.3 Å². The Kier molecular flexibility index (Phi) is 6.04. The average molecular weight is 324 g/mol. The Labute approximate surface area is 128 Å². The number of likely N-dealkylation sites (N-methyl/N-ethyl adjacent to an activating group) is 1. The highest BCUT2D eigenvalue weighted by atomic mass is 31.2. The number of nitrogens with zero attached hydrogens (tertiary/aromatic N) is 1. The van der Waals surface area contributed by atoms with Crippen molar-refractivity contribution in [3.63, 3.8) is 0 Å². The van der Waals surface area contributed by atoms with Gasteiger partial charge in [0.25, 0.3) is 0 Å². The van der Waals surface area contributed by atoms with E-state index < -0.39 is 19.0 Å². The van der Waals surface area contributed by atoms with Crippen molar-refractivity contribution < 1.29 is 27.4 Å². The van der Waals surface area contributed by atoms with Gasteiger partial charge in [0, 0.05) is 0 Å². The van der Waals surface area contributed by atoms with Crippen molar-refractivity contribution in [1.82, 2.24) is 0 Å². The summed E-state index contributed by atoms with van der Waals surface area (Å²) in [6, 6.07) is 0. The van der Waals surface area contributed by atoms with Crippen molar-refractivity contribution in [2.75, 3.05) is 40.1 Å². The molecule has 21 heavy (non-hydrogen) atoms. The normalized spacial score (nSPS) is 20.5. The van der Waals surface area contributed by atoms with Gasteiger partial charge in [-0.3, -0.25) is 13.5 Å². The summed E-state index contributed by atoms with van der Waals surface area (Å²) in [7, 11) is -1.57. The molecule has 1 aliphatic heterocycles. The first kappa shape index (κ1) is 19.1. The topological polar surface area (TPSA) is 54.0 Å². The van der Waals surface area contributed by atoms with Gasteiger partial charge in [-0.25, -0.2) is 9.09 Å². The van der Waals surface area contributed by atoms with Gasteiger partial charge in [-0.1, -0.05) is 0 Å². The summed E-state index contributed by atoms with van der Waals surface area (Å²) in [6.07, 6.45) is 0. The Morgan fingerprint density at radius 3 is 1.81 bits per heavy atom. The van der Waals surface area contributed by atoms with Gasteiger partial charge in [0.15, 0.2) is 6.73 Å². The summed E-state index contributed by atoms with van der Waals surface area (Å²) < 4.78 is 35.8. The van der Waals surface area contributed by atoms with Gasteiger partial charge in [0.1, 0.15) is 13.1 Å². The van der Waals surface area contributed by atoms with E-state index in [0.717, 1.165) is 13.1 Å². The van der Waals surface area contributed by atoms with E-state index in [1.54, 1.807) is 0 Å².